The Balaban J connectivity index is 2.01. The Labute approximate surface area is 142 Å². The van der Waals surface area contributed by atoms with Crippen molar-refractivity contribution in [2.24, 2.45) is 0 Å². The minimum Gasteiger partial charge on any atom is -0.507 e. The summed E-state index contributed by atoms with van der Waals surface area (Å²) in [4.78, 5) is 24.0. The van der Waals surface area contributed by atoms with Crippen molar-refractivity contribution in [3.8, 4) is 5.75 Å². The predicted octanol–water partition coefficient (Wildman–Crippen LogP) is 3.88. The lowest BCUT2D eigenvalue weighted by molar-refractivity contribution is -0.123. The molecule has 5 nitrogen and oxygen atoms in total. The zero-order valence-corrected chi connectivity index (χ0v) is 13.6. The van der Waals surface area contributed by atoms with Crippen molar-refractivity contribution >= 4 is 40.8 Å². The van der Waals surface area contributed by atoms with Crippen molar-refractivity contribution in [1.82, 2.24) is 0 Å². The van der Waals surface area contributed by atoms with Crippen LogP contribution in [0, 0.1) is 0 Å². The van der Waals surface area contributed by atoms with Crippen LogP contribution in [0.4, 0.5) is 5.69 Å². The Hall–Kier alpha value is -2.24. The van der Waals surface area contributed by atoms with Gasteiger partial charge in [-0.1, -0.05) is 23.2 Å². The molecule has 0 saturated heterocycles. The lowest BCUT2D eigenvalue weighted by Gasteiger charge is -2.14. The summed E-state index contributed by atoms with van der Waals surface area (Å²) in [5.41, 5.74) is 0.413. The number of amides is 1. The molecule has 2 aromatic rings. The molecule has 0 fully saturated rings. The van der Waals surface area contributed by atoms with Crippen LogP contribution in [-0.4, -0.2) is 23.1 Å². The maximum absolute atomic E-state index is 12.0. The maximum atomic E-state index is 12.0. The van der Waals surface area contributed by atoms with E-state index in [0.717, 1.165) is 0 Å². The summed E-state index contributed by atoms with van der Waals surface area (Å²) in [7, 11) is 0. The van der Waals surface area contributed by atoms with Gasteiger partial charge >= 0.3 is 5.97 Å². The van der Waals surface area contributed by atoms with Crippen molar-refractivity contribution in [1.29, 1.82) is 0 Å². The van der Waals surface area contributed by atoms with Crippen LogP contribution in [0.25, 0.3) is 0 Å². The lowest BCUT2D eigenvalue weighted by atomic mass is 10.2. The molecule has 0 saturated carbocycles. The highest BCUT2D eigenvalue weighted by Crippen LogP contribution is 2.23. The molecule has 0 aliphatic heterocycles. The Morgan fingerprint density at radius 2 is 1.70 bits per heavy atom. The third-order valence-corrected chi connectivity index (χ3v) is 3.43. The van der Waals surface area contributed by atoms with Gasteiger partial charge < -0.3 is 15.2 Å². The number of benzene rings is 2. The standard InChI is InChI=1S/C16H13Cl2NO4/c1-9(15(21)19-12-5-2-10(17)3-6-12)23-16(22)13-8-11(18)4-7-14(13)20/h2-9,20H,1H3,(H,19,21)/t9-/m1/s1. The first-order valence-electron chi connectivity index (χ1n) is 6.63. The average Bonchev–Trinajstić information content (AvgIpc) is 2.51. The third-order valence-electron chi connectivity index (χ3n) is 2.94. The van der Waals surface area contributed by atoms with Gasteiger partial charge in [-0.25, -0.2) is 4.79 Å². The molecule has 0 radical (unpaired) electrons. The van der Waals surface area contributed by atoms with Crippen LogP contribution in [0.5, 0.6) is 5.75 Å². The topological polar surface area (TPSA) is 75.6 Å². The summed E-state index contributed by atoms with van der Waals surface area (Å²) < 4.78 is 5.03. The van der Waals surface area contributed by atoms with Gasteiger partial charge in [-0.05, 0) is 49.4 Å². The smallest absolute Gasteiger partial charge is 0.342 e. The molecule has 0 aliphatic carbocycles. The van der Waals surface area contributed by atoms with Gasteiger partial charge in [0.05, 0.1) is 0 Å². The first-order valence-corrected chi connectivity index (χ1v) is 7.38. The predicted molar refractivity (Wildman–Crippen MR) is 88.1 cm³/mol. The molecule has 0 spiro atoms. The number of hydrogen-bond acceptors (Lipinski definition) is 4. The third kappa shape index (κ3) is 4.61. The van der Waals surface area contributed by atoms with Gasteiger partial charge in [-0.15, -0.1) is 0 Å². The van der Waals surface area contributed by atoms with E-state index in [4.69, 9.17) is 27.9 Å². The van der Waals surface area contributed by atoms with Crippen molar-refractivity contribution in [2.75, 3.05) is 5.32 Å². The van der Waals surface area contributed by atoms with Crippen LogP contribution in [0.15, 0.2) is 42.5 Å². The Morgan fingerprint density at radius 1 is 1.09 bits per heavy atom. The van der Waals surface area contributed by atoms with Gasteiger partial charge in [0.2, 0.25) is 0 Å². The van der Waals surface area contributed by atoms with E-state index in [2.05, 4.69) is 5.32 Å². The molecular weight excluding hydrogens is 341 g/mol. The number of esters is 1. The summed E-state index contributed by atoms with van der Waals surface area (Å²) in [5, 5.41) is 13.0. The number of ether oxygens (including phenoxy) is 1. The number of halogens is 2. The zero-order chi connectivity index (χ0) is 17.0. The largest absolute Gasteiger partial charge is 0.507 e. The number of phenolic OH excluding ortho intramolecular Hbond substituents is 1. The molecular formula is C16H13Cl2NO4. The first kappa shape index (κ1) is 17.1. The number of nitrogens with one attached hydrogen (secondary N) is 1. The second kappa shape index (κ2) is 7.35. The summed E-state index contributed by atoms with van der Waals surface area (Å²) in [6.07, 6.45) is -1.06. The lowest BCUT2D eigenvalue weighted by Crippen LogP contribution is -2.30. The molecule has 1 atom stereocenters. The number of anilines is 1. The van der Waals surface area contributed by atoms with Crippen LogP contribution in [0.3, 0.4) is 0 Å². The normalized spacial score (nSPS) is 11.6. The van der Waals surface area contributed by atoms with E-state index < -0.39 is 18.0 Å². The van der Waals surface area contributed by atoms with E-state index in [0.29, 0.717) is 10.7 Å². The van der Waals surface area contributed by atoms with E-state index >= 15 is 0 Å². The molecule has 2 rings (SSSR count). The molecule has 0 aromatic heterocycles. The quantitative estimate of drug-likeness (QED) is 0.817. The van der Waals surface area contributed by atoms with E-state index in [1.54, 1.807) is 24.3 Å². The number of hydrogen-bond donors (Lipinski definition) is 2. The van der Waals surface area contributed by atoms with Crippen molar-refractivity contribution in [3.63, 3.8) is 0 Å². The number of aromatic hydroxyl groups is 1. The molecule has 0 heterocycles. The summed E-state index contributed by atoms with van der Waals surface area (Å²) in [5.74, 6) is -1.63. The van der Waals surface area contributed by atoms with Crippen LogP contribution in [0.2, 0.25) is 10.0 Å². The molecule has 2 aromatic carbocycles. The molecule has 0 aliphatic rings. The van der Waals surface area contributed by atoms with Crippen LogP contribution >= 0.6 is 23.2 Å². The Kier molecular flexibility index (Phi) is 5.47. The van der Waals surface area contributed by atoms with Crippen molar-refractivity contribution < 1.29 is 19.4 Å². The van der Waals surface area contributed by atoms with E-state index in [9.17, 15) is 14.7 Å². The van der Waals surface area contributed by atoms with Gasteiger partial charge in [-0.2, -0.15) is 0 Å². The Bertz CT molecular complexity index is 731. The van der Waals surface area contributed by atoms with Crippen molar-refractivity contribution in [2.45, 2.75) is 13.0 Å². The maximum Gasteiger partial charge on any atom is 0.342 e. The molecule has 7 heteroatoms. The highest BCUT2D eigenvalue weighted by atomic mass is 35.5. The van der Waals surface area contributed by atoms with E-state index in [1.165, 1.54) is 25.1 Å². The molecule has 1 amide bonds. The number of phenols is 1. The second-order valence-electron chi connectivity index (χ2n) is 4.71. The summed E-state index contributed by atoms with van der Waals surface area (Å²) in [6, 6.07) is 10.5. The minimum atomic E-state index is -1.06. The van der Waals surface area contributed by atoms with Gasteiger partial charge in [-0.3, -0.25) is 4.79 Å². The fourth-order valence-electron chi connectivity index (χ4n) is 1.73. The fraction of sp³-hybridized carbons (Fsp3) is 0.125. The van der Waals surface area contributed by atoms with Crippen LogP contribution in [-0.2, 0) is 9.53 Å². The van der Waals surface area contributed by atoms with Gasteiger partial charge in [0.25, 0.3) is 5.91 Å². The minimum absolute atomic E-state index is 0.108. The van der Waals surface area contributed by atoms with Gasteiger partial charge in [0.15, 0.2) is 6.10 Å². The molecule has 120 valence electrons. The number of carbonyl (C=O) groups is 2. The molecule has 0 bridgehead atoms. The fourth-order valence-corrected chi connectivity index (χ4v) is 2.02. The summed E-state index contributed by atoms with van der Waals surface area (Å²) >= 11 is 11.5. The molecule has 23 heavy (non-hydrogen) atoms. The first-order chi connectivity index (χ1) is 10.9. The highest BCUT2D eigenvalue weighted by molar-refractivity contribution is 6.31. The monoisotopic (exact) mass is 353 g/mol. The van der Waals surface area contributed by atoms with E-state index in [-0.39, 0.29) is 16.3 Å². The van der Waals surface area contributed by atoms with Gasteiger partial charge in [0.1, 0.15) is 11.3 Å². The van der Waals surface area contributed by atoms with Crippen LogP contribution in [0.1, 0.15) is 17.3 Å². The Morgan fingerprint density at radius 3 is 2.35 bits per heavy atom. The SMILES string of the molecule is C[C@@H](OC(=O)c1cc(Cl)ccc1O)C(=O)Nc1ccc(Cl)cc1. The van der Waals surface area contributed by atoms with Crippen molar-refractivity contribution in [3.05, 3.63) is 58.1 Å². The molecule has 2 N–H and O–H groups in total. The number of rotatable bonds is 4. The van der Waals surface area contributed by atoms with E-state index in [1.807, 2.05) is 0 Å². The van der Waals surface area contributed by atoms with Crippen LogP contribution < -0.4 is 5.32 Å². The number of carbonyl (C=O) groups excluding carboxylic acids is 2. The second-order valence-corrected chi connectivity index (χ2v) is 5.58. The zero-order valence-electron chi connectivity index (χ0n) is 12.0. The summed E-state index contributed by atoms with van der Waals surface area (Å²) in [6.45, 7) is 1.42. The highest BCUT2D eigenvalue weighted by Gasteiger charge is 2.21. The molecule has 0 unspecified atom stereocenters. The average molecular weight is 354 g/mol. The van der Waals surface area contributed by atoms with Gasteiger partial charge in [0, 0.05) is 15.7 Å².